The number of aliphatic carboxylic acids is 1. The second-order valence-corrected chi connectivity index (χ2v) is 6.22. The first-order chi connectivity index (χ1) is 10.9. The number of nitrogens with one attached hydrogen (secondary N) is 2. The molecule has 3 N–H and O–H groups in total. The summed E-state index contributed by atoms with van der Waals surface area (Å²) in [6.45, 7) is 1.10. The number of benzene rings is 1. The maximum Gasteiger partial charge on any atom is 0.321 e. The number of rotatable bonds is 7. The molecule has 1 fully saturated rings. The molecule has 1 aromatic rings. The molecule has 0 spiro atoms. The van der Waals surface area contributed by atoms with Crippen molar-refractivity contribution in [3.63, 3.8) is 0 Å². The predicted octanol–water partition coefficient (Wildman–Crippen LogP) is 2.54. The van der Waals surface area contributed by atoms with Crippen molar-refractivity contribution in [2.24, 2.45) is 0 Å². The predicted molar refractivity (Wildman–Crippen MR) is 88.1 cm³/mol. The van der Waals surface area contributed by atoms with Crippen molar-refractivity contribution in [2.45, 2.75) is 31.4 Å². The van der Waals surface area contributed by atoms with Gasteiger partial charge in [0.2, 0.25) is 5.91 Å². The lowest BCUT2D eigenvalue weighted by Gasteiger charge is -2.17. The van der Waals surface area contributed by atoms with E-state index in [0.717, 1.165) is 12.8 Å². The summed E-state index contributed by atoms with van der Waals surface area (Å²) in [5, 5.41) is 15.5. The first-order valence-corrected chi connectivity index (χ1v) is 8.03. The molecule has 1 heterocycles. The first-order valence-electron chi connectivity index (χ1n) is 7.28. The van der Waals surface area contributed by atoms with E-state index in [9.17, 15) is 14.7 Å². The average molecular weight is 361 g/mol. The third kappa shape index (κ3) is 5.99. The summed E-state index contributed by atoms with van der Waals surface area (Å²) in [6, 6.07) is 3.65. The Bertz CT molecular complexity index is 556. The summed E-state index contributed by atoms with van der Waals surface area (Å²) in [5.74, 6) is -1.52. The molecule has 0 aliphatic carbocycles. The Morgan fingerprint density at radius 2 is 2.00 bits per heavy atom. The zero-order valence-corrected chi connectivity index (χ0v) is 13.9. The molecule has 6 nitrogen and oxygen atoms in total. The molecule has 1 aliphatic heterocycles. The summed E-state index contributed by atoms with van der Waals surface area (Å²) < 4.78 is 5.42. The van der Waals surface area contributed by atoms with Crippen LogP contribution in [0.15, 0.2) is 18.2 Å². The Kier molecular flexibility index (Phi) is 6.65. The van der Waals surface area contributed by atoms with Crippen molar-refractivity contribution < 1.29 is 19.4 Å². The number of hydrogen-bond acceptors (Lipinski definition) is 4. The molecule has 0 saturated carbocycles. The van der Waals surface area contributed by atoms with Crippen LogP contribution in [0, 0.1) is 0 Å². The number of carboxylic acids is 1. The van der Waals surface area contributed by atoms with Gasteiger partial charge in [-0.05, 0) is 31.0 Å². The van der Waals surface area contributed by atoms with Gasteiger partial charge in [0, 0.05) is 28.9 Å². The van der Waals surface area contributed by atoms with Gasteiger partial charge in [-0.1, -0.05) is 23.2 Å². The van der Waals surface area contributed by atoms with Crippen LogP contribution in [0.25, 0.3) is 0 Å². The van der Waals surface area contributed by atoms with Gasteiger partial charge in [-0.25, -0.2) is 0 Å². The SMILES string of the molecule is O=C(C[C@H](NC[C@@H]1CCCO1)C(=O)O)Nc1cc(Cl)cc(Cl)c1. The zero-order chi connectivity index (χ0) is 16.8. The van der Waals surface area contributed by atoms with E-state index in [1.165, 1.54) is 0 Å². The topological polar surface area (TPSA) is 87.7 Å². The lowest BCUT2D eigenvalue weighted by atomic mass is 10.1. The van der Waals surface area contributed by atoms with Crippen LogP contribution in [-0.2, 0) is 14.3 Å². The standard InChI is InChI=1S/C15H18Cl2N2O4/c16-9-4-10(17)6-11(5-9)19-14(20)7-13(15(21)22)18-8-12-2-1-3-23-12/h4-6,12-13,18H,1-3,7-8H2,(H,19,20)(H,21,22)/t12-,13-/m0/s1. The van der Waals surface area contributed by atoms with E-state index >= 15 is 0 Å². The Balaban J connectivity index is 1.87. The fourth-order valence-corrected chi connectivity index (χ4v) is 2.88. The monoisotopic (exact) mass is 360 g/mol. The highest BCUT2D eigenvalue weighted by Gasteiger charge is 2.23. The van der Waals surface area contributed by atoms with E-state index in [-0.39, 0.29) is 12.5 Å². The molecular weight excluding hydrogens is 343 g/mol. The lowest BCUT2D eigenvalue weighted by molar-refractivity contribution is -0.141. The Morgan fingerprint density at radius 1 is 1.30 bits per heavy atom. The number of hydrogen-bond donors (Lipinski definition) is 3. The van der Waals surface area contributed by atoms with Gasteiger partial charge in [-0.15, -0.1) is 0 Å². The molecule has 2 atom stereocenters. The van der Waals surface area contributed by atoms with Crippen LogP contribution in [0.4, 0.5) is 5.69 Å². The molecular formula is C15H18Cl2N2O4. The van der Waals surface area contributed by atoms with Gasteiger partial charge in [0.15, 0.2) is 0 Å². The maximum absolute atomic E-state index is 12.0. The van der Waals surface area contributed by atoms with Crippen LogP contribution in [0.2, 0.25) is 10.0 Å². The number of anilines is 1. The third-order valence-corrected chi connectivity index (χ3v) is 3.89. The fraction of sp³-hybridized carbons (Fsp3) is 0.467. The van der Waals surface area contributed by atoms with E-state index in [1.54, 1.807) is 18.2 Å². The number of carboxylic acid groups (broad SMARTS) is 1. The molecule has 2 rings (SSSR count). The average Bonchev–Trinajstić information content (AvgIpc) is 2.95. The van der Waals surface area contributed by atoms with Crippen molar-refractivity contribution in [2.75, 3.05) is 18.5 Å². The van der Waals surface area contributed by atoms with Gasteiger partial charge in [0.25, 0.3) is 0 Å². The van der Waals surface area contributed by atoms with Gasteiger partial charge in [-0.3, -0.25) is 9.59 Å². The molecule has 0 aromatic heterocycles. The fourth-order valence-electron chi connectivity index (χ4n) is 2.35. The largest absolute Gasteiger partial charge is 0.480 e. The van der Waals surface area contributed by atoms with E-state index in [4.69, 9.17) is 27.9 Å². The number of carbonyl (C=O) groups is 2. The van der Waals surface area contributed by atoms with E-state index < -0.39 is 17.9 Å². The second-order valence-electron chi connectivity index (χ2n) is 5.34. The van der Waals surface area contributed by atoms with Crippen LogP contribution in [0.3, 0.4) is 0 Å². The number of ether oxygens (including phenoxy) is 1. The van der Waals surface area contributed by atoms with Crippen LogP contribution < -0.4 is 10.6 Å². The summed E-state index contributed by atoms with van der Waals surface area (Å²) in [5.41, 5.74) is 0.427. The highest BCUT2D eigenvalue weighted by atomic mass is 35.5. The van der Waals surface area contributed by atoms with Gasteiger partial charge < -0.3 is 20.5 Å². The van der Waals surface area contributed by atoms with Gasteiger partial charge >= 0.3 is 5.97 Å². The normalized spacial score (nSPS) is 18.6. The molecule has 126 valence electrons. The number of halogens is 2. The summed E-state index contributed by atoms with van der Waals surface area (Å²) in [7, 11) is 0. The second kappa shape index (κ2) is 8.49. The van der Waals surface area contributed by atoms with Crippen molar-refractivity contribution in [1.82, 2.24) is 5.32 Å². The van der Waals surface area contributed by atoms with Crippen LogP contribution in [0.5, 0.6) is 0 Å². The molecule has 23 heavy (non-hydrogen) atoms. The lowest BCUT2D eigenvalue weighted by Crippen LogP contribution is -2.43. The van der Waals surface area contributed by atoms with Crippen LogP contribution in [-0.4, -0.2) is 42.3 Å². The molecule has 1 aliphatic rings. The minimum atomic E-state index is -1.08. The van der Waals surface area contributed by atoms with Gasteiger partial charge in [0.05, 0.1) is 12.5 Å². The van der Waals surface area contributed by atoms with Crippen molar-refractivity contribution in [1.29, 1.82) is 0 Å². The number of carbonyl (C=O) groups excluding carboxylic acids is 1. The Morgan fingerprint density at radius 3 is 2.57 bits per heavy atom. The Labute approximate surface area is 144 Å². The Hall–Kier alpha value is -1.34. The molecule has 8 heteroatoms. The van der Waals surface area contributed by atoms with Gasteiger partial charge in [-0.2, -0.15) is 0 Å². The summed E-state index contributed by atoms with van der Waals surface area (Å²) >= 11 is 11.7. The molecule has 0 unspecified atom stereocenters. The van der Waals surface area contributed by atoms with Crippen molar-refractivity contribution >= 4 is 40.8 Å². The van der Waals surface area contributed by atoms with Crippen LogP contribution in [0.1, 0.15) is 19.3 Å². The molecule has 0 bridgehead atoms. The quantitative estimate of drug-likeness (QED) is 0.695. The third-order valence-electron chi connectivity index (χ3n) is 3.45. The highest BCUT2D eigenvalue weighted by molar-refractivity contribution is 6.35. The maximum atomic E-state index is 12.0. The smallest absolute Gasteiger partial charge is 0.321 e. The van der Waals surface area contributed by atoms with Crippen LogP contribution >= 0.6 is 23.2 Å². The first kappa shape index (κ1) is 18.0. The van der Waals surface area contributed by atoms with E-state index in [2.05, 4.69) is 10.6 Å². The molecule has 1 saturated heterocycles. The highest BCUT2D eigenvalue weighted by Crippen LogP contribution is 2.22. The van der Waals surface area contributed by atoms with E-state index in [0.29, 0.717) is 28.9 Å². The van der Waals surface area contributed by atoms with Crippen molar-refractivity contribution in [3.05, 3.63) is 28.2 Å². The number of amides is 1. The van der Waals surface area contributed by atoms with Crippen molar-refractivity contribution in [3.8, 4) is 0 Å². The van der Waals surface area contributed by atoms with Gasteiger partial charge in [0.1, 0.15) is 6.04 Å². The minimum absolute atomic E-state index is 0.00616. The summed E-state index contributed by atoms with van der Waals surface area (Å²) in [4.78, 5) is 23.3. The molecule has 1 aromatic carbocycles. The summed E-state index contributed by atoms with van der Waals surface area (Å²) in [6.07, 6.45) is 1.67. The molecule has 0 radical (unpaired) electrons. The minimum Gasteiger partial charge on any atom is -0.480 e. The van der Waals surface area contributed by atoms with E-state index in [1.807, 2.05) is 0 Å². The zero-order valence-electron chi connectivity index (χ0n) is 12.4. The molecule has 1 amide bonds.